The average molecular weight is 268 g/mol. The van der Waals surface area contributed by atoms with E-state index in [1.54, 1.807) is 18.2 Å². The first kappa shape index (κ1) is 14.3. The quantitative estimate of drug-likeness (QED) is 0.850. The maximum atomic E-state index is 12.1. The molecule has 0 bridgehead atoms. The SMILES string of the molecule is Cc1cc(C#N)ccc1C(=O)NCCC1=CCCCC1. The van der Waals surface area contributed by atoms with Crippen LogP contribution in [0.4, 0.5) is 0 Å². The Morgan fingerprint density at radius 3 is 2.90 bits per heavy atom. The average Bonchev–Trinajstić information content (AvgIpc) is 2.48. The van der Waals surface area contributed by atoms with Crippen LogP contribution in [0.25, 0.3) is 0 Å². The third-order valence-electron chi connectivity index (χ3n) is 3.72. The van der Waals surface area contributed by atoms with Gasteiger partial charge >= 0.3 is 0 Å². The molecule has 3 heteroatoms. The monoisotopic (exact) mass is 268 g/mol. The maximum absolute atomic E-state index is 12.1. The number of carbonyl (C=O) groups is 1. The second-order valence-electron chi connectivity index (χ2n) is 5.26. The number of allylic oxidation sites excluding steroid dienone is 1. The van der Waals surface area contributed by atoms with Crippen LogP contribution >= 0.6 is 0 Å². The number of nitrogens with one attached hydrogen (secondary N) is 1. The summed E-state index contributed by atoms with van der Waals surface area (Å²) < 4.78 is 0. The van der Waals surface area contributed by atoms with Gasteiger partial charge in [0, 0.05) is 12.1 Å². The van der Waals surface area contributed by atoms with Gasteiger partial charge in [-0.05, 0) is 62.8 Å². The molecule has 1 N–H and O–H groups in total. The minimum atomic E-state index is -0.0524. The van der Waals surface area contributed by atoms with Crippen molar-refractivity contribution in [2.45, 2.75) is 39.0 Å². The number of hydrogen-bond acceptors (Lipinski definition) is 2. The summed E-state index contributed by atoms with van der Waals surface area (Å²) in [7, 11) is 0. The first-order valence-electron chi connectivity index (χ1n) is 7.17. The lowest BCUT2D eigenvalue weighted by Crippen LogP contribution is -2.25. The van der Waals surface area contributed by atoms with Gasteiger partial charge in [-0.2, -0.15) is 5.26 Å². The van der Waals surface area contributed by atoms with Gasteiger partial charge in [0.05, 0.1) is 11.6 Å². The molecule has 0 aromatic heterocycles. The van der Waals surface area contributed by atoms with Gasteiger partial charge in [-0.3, -0.25) is 4.79 Å². The molecule has 0 saturated heterocycles. The second kappa shape index (κ2) is 6.91. The van der Waals surface area contributed by atoms with Crippen LogP contribution in [0.15, 0.2) is 29.8 Å². The number of benzene rings is 1. The zero-order valence-electron chi connectivity index (χ0n) is 11.9. The predicted octanol–water partition coefficient (Wildman–Crippen LogP) is 3.49. The second-order valence-corrected chi connectivity index (χ2v) is 5.26. The molecule has 1 aromatic carbocycles. The first-order chi connectivity index (χ1) is 9.70. The third-order valence-corrected chi connectivity index (χ3v) is 3.72. The first-order valence-corrected chi connectivity index (χ1v) is 7.17. The molecule has 0 aliphatic heterocycles. The van der Waals surface area contributed by atoms with E-state index in [2.05, 4.69) is 17.5 Å². The van der Waals surface area contributed by atoms with Gasteiger partial charge < -0.3 is 5.32 Å². The molecule has 1 aliphatic carbocycles. The summed E-state index contributed by atoms with van der Waals surface area (Å²) in [6.45, 7) is 2.55. The van der Waals surface area contributed by atoms with E-state index in [1.807, 2.05) is 6.92 Å². The topological polar surface area (TPSA) is 52.9 Å². The molecule has 0 atom stereocenters. The van der Waals surface area contributed by atoms with Gasteiger partial charge in [0.2, 0.25) is 0 Å². The maximum Gasteiger partial charge on any atom is 0.251 e. The molecular weight excluding hydrogens is 248 g/mol. The van der Waals surface area contributed by atoms with Crippen molar-refractivity contribution in [3.63, 3.8) is 0 Å². The van der Waals surface area contributed by atoms with Crippen molar-refractivity contribution in [3.8, 4) is 6.07 Å². The van der Waals surface area contributed by atoms with Gasteiger partial charge in [-0.25, -0.2) is 0 Å². The summed E-state index contributed by atoms with van der Waals surface area (Å²) in [4.78, 5) is 12.1. The smallest absolute Gasteiger partial charge is 0.251 e. The fraction of sp³-hybridized carbons (Fsp3) is 0.412. The van der Waals surface area contributed by atoms with Crippen molar-refractivity contribution in [1.82, 2.24) is 5.32 Å². The highest BCUT2D eigenvalue weighted by molar-refractivity contribution is 5.95. The molecule has 0 saturated carbocycles. The lowest BCUT2D eigenvalue weighted by Gasteiger charge is -2.13. The molecule has 0 unspecified atom stereocenters. The van der Waals surface area contributed by atoms with Crippen molar-refractivity contribution in [3.05, 3.63) is 46.5 Å². The molecule has 1 amide bonds. The Labute approximate surface area is 120 Å². The molecule has 0 fully saturated rings. The minimum Gasteiger partial charge on any atom is -0.352 e. The Bertz CT molecular complexity index is 567. The molecule has 1 aromatic rings. The summed E-state index contributed by atoms with van der Waals surface area (Å²) in [6, 6.07) is 7.24. The molecular formula is C17H20N2O. The summed E-state index contributed by atoms with van der Waals surface area (Å²) in [5, 5.41) is 11.8. The van der Waals surface area contributed by atoms with Gasteiger partial charge in [0.15, 0.2) is 0 Å². The van der Waals surface area contributed by atoms with Gasteiger partial charge in [0.25, 0.3) is 5.91 Å². The molecule has 0 radical (unpaired) electrons. The van der Waals surface area contributed by atoms with Crippen molar-refractivity contribution >= 4 is 5.91 Å². The summed E-state index contributed by atoms with van der Waals surface area (Å²) in [6.07, 6.45) is 8.17. The Hall–Kier alpha value is -2.08. The van der Waals surface area contributed by atoms with Crippen LogP contribution in [0, 0.1) is 18.3 Å². The molecule has 0 spiro atoms. The van der Waals surface area contributed by atoms with Crippen LogP contribution < -0.4 is 5.32 Å². The number of hydrogen-bond donors (Lipinski definition) is 1. The third kappa shape index (κ3) is 3.71. The van der Waals surface area contributed by atoms with E-state index in [9.17, 15) is 4.79 Å². The van der Waals surface area contributed by atoms with E-state index >= 15 is 0 Å². The largest absolute Gasteiger partial charge is 0.352 e. The molecule has 20 heavy (non-hydrogen) atoms. The Balaban J connectivity index is 1.89. The van der Waals surface area contributed by atoms with E-state index < -0.39 is 0 Å². The van der Waals surface area contributed by atoms with Gasteiger partial charge in [-0.15, -0.1) is 0 Å². The van der Waals surface area contributed by atoms with Crippen molar-refractivity contribution < 1.29 is 4.79 Å². The van der Waals surface area contributed by atoms with Gasteiger partial charge in [-0.1, -0.05) is 11.6 Å². The number of carbonyl (C=O) groups excluding carboxylic acids is 1. The Morgan fingerprint density at radius 2 is 2.25 bits per heavy atom. The fourth-order valence-corrected chi connectivity index (χ4v) is 2.55. The molecule has 1 aliphatic rings. The van der Waals surface area contributed by atoms with Crippen LogP contribution in [0.1, 0.15) is 53.6 Å². The Kier molecular flexibility index (Phi) is 4.95. The molecule has 0 heterocycles. The van der Waals surface area contributed by atoms with Crippen LogP contribution in [0.3, 0.4) is 0 Å². The van der Waals surface area contributed by atoms with Crippen molar-refractivity contribution in [2.75, 3.05) is 6.54 Å². The highest BCUT2D eigenvalue weighted by Gasteiger charge is 2.10. The standard InChI is InChI=1S/C17H20N2O/c1-13-11-15(12-18)7-8-16(13)17(20)19-10-9-14-5-3-2-4-6-14/h5,7-8,11H,2-4,6,9-10H2,1H3,(H,19,20). The van der Waals surface area contributed by atoms with Crippen molar-refractivity contribution in [1.29, 1.82) is 5.26 Å². The number of rotatable bonds is 4. The highest BCUT2D eigenvalue weighted by Crippen LogP contribution is 2.19. The minimum absolute atomic E-state index is 0.0524. The van der Waals surface area contributed by atoms with E-state index in [4.69, 9.17) is 5.26 Å². The van der Waals surface area contributed by atoms with Gasteiger partial charge in [0.1, 0.15) is 0 Å². The lowest BCUT2D eigenvalue weighted by molar-refractivity contribution is 0.0953. The van der Waals surface area contributed by atoms with Crippen LogP contribution in [-0.2, 0) is 0 Å². The number of nitrogens with zero attached hydrogens (tertiary/aromatic N) is 1. The molecule has 2 rings (SSSR count). The summed E-state index contributed by atoms with van der Waals surface area (Å²) in [5.41, 5.74) is 3.56. The van der Waals surface area contributed by atoms with E-state index in [1.165, 1.54) is 31.3 Å². The normalized spacial score (nSPS) is 14.3. The number of amides is 1. The lowest BCUT2D eigenvalue weighted by atomic mass is 9.97. The Morgan fingerprint density at radius 1 is 1.40 bits per heavy atom. The molecule has 3 nitrogen and oxygen atoms in total. The zero-order valence-corrected chi connectivity index (χ0v) is 11.9. The number of aryl methyl sites for hydroxylation is 1. The van der Waals surface area contributed by atoms with E-state index in [-0.39, 0.29) is 5.91 Å². The van der Waals surface area contributed by atoms with E-state index in [0.29, 0.717) is 17.7 Å². The predicted molar refractivity (Wildman–Crippen MR) is 79.4 cm³/mol. The highest BCUT2D eigenvalue weighted by atomic mass is 16.1. The van der Waals surface area contributed by atoms with E-state index in [0.717, 1.165) is 12.0 Å². The molecule has 104 valence electrons. The summed E-state index contributed by atoms with van der Waals surface area (Å²) in [5.74, 6) is -0.0524. The van der Waals surface area contributed by atoms with Crippen LogP contribution in [0.2, 0.25) is 0 Å². The van der Waals surface area contributed by atoms with Crippen LogP contribution in [-0.4, -0.2) is 12.5 Å². The summed E-state index contributed by atoms with van der Waals surface area (Å²) >= 11 is 0. The fourth-order valence-electron chi connectivity index (χ4n) is 2.55. The zero-order chi connectivity index (χ0) is 14.4. The van der Waals surface area contributed by atoms with Crippen LogP contribution in [0.5, 0.6) is 0 Å². The van der Waals surface area contributed by atoms with Crippen molar-refractivity contribution in [2.24, 2.45) is 0 Å². The number of nitriles is 1.